The van der Waals surface area contributed by atoms with Crippen LogP contribution in [0, 0.1) is 5.82 Å². The zero-order valence-electron chi connectivity index (χ0n) is 11.0. The summed E-state index contributed by atoms with van der Waals surface area (Å²) in [6, 6.07) is 3.41. The van der Waals surface area contributed by atoms with Gasteiger partial charge in [0.1, 0.15) is 10.7 Å². The standard InChI is InChI=1S/C12H14ClFN2O4S/c13-9-1-2-11(10(14)7-9)21(19,20)16-5-3-15(4-6-16)8-12(17)18/h1-2,7H,3-6,8H2,(H,17,18). The van der Waals surface area contributed by atoms with Crippen LogP contribution in [0.5, 0.6) is 0 Å². The zero-order chi connectivity index (χ0) is 15.6. The third-order valence-corrected chi connectivity index (χ3v) is 5.37. The Labute approximate surface area is 126 Å². The van der Waals surface area contributed by atoms with Crippen molar-refractivity contribution in [2.24, 2.45) is 0 Å². The molecule has 1 N–H and O–H groups in total. The van der Waals surface area contributed by atoms with Gasteiger partial charge < -0.3 is 5.11 Å². The van der Waals surface area contributed by atoms with Crippen LogP contribution in [0.4, 0.5) is 4.39 Å². The Hall–Kier alpha value is -1.22. The van der Waals surface area contributed by atoms with Crippen molar-refractivity contribution in [3.05, 3.63) is 29.0 Å². The first kappa shape index (κ1) is 16.2. The second-order valence-electron chi connectivity index (χ2n) is 4.65. The lowest BCUT2D eigenvalue weighted by molar-refractivity contribution is -0.138. The second kappa shape index (κ2) is 6.27. The van der Waals surface area contributed by atoms with Gasteiger partial charge in [0.25, 0.3) is 0 Å². The highest BCUT2D eigenvalue weighted by Crippen LogP contribution is 2.23. The highest BCUT2D eigenvalue weighted by atomic mass is 35.5. The van der Waals surface area contributed by atoms with Crippen LogP contribution < -0.4 is 0 Å². The van der Waals surface area contributed by atoms with E-state index in [9.17, 15) is 17.6 Å². The number of hydrogen-bond donors (Lipinski definition) is 1. The molecule has 0 aromatic heterocycles. The molecule has 0 bridgehead atoms. The number of carboxylic acid groups (broad SMARTS) is 1. The van der Waals surface area contributed by atoms with E-state index in [4.69, 9.17) is 16.7 Å². The van der Waals surface area contributed by atoms with E-state index in [1.165, 1.54) is 6.07 Å². The minimum absolute atomic E-state index is 0.123. The van der Waals surface area contributed by atoms with Crippen molar-refractivity contribution in [2.75, 3.05) is 32.7 Å². The molecule has 9 heteroatoms. The molecule has 1 saturated heterocycles. The summed E-state index contributed by atoms with van der Waals surface area (Å²) in [5, 5.41) is 8.82. The van der Waals surface area contributed by atoms with Gasteiger partial charge in [0.15, 0.2) is 0 Å². The Morgan fingerprint density at radius 2 is 1.90 bits per heavy atom. The molecule has 0 radical (unpaired) electrons. The van der Waals surface area contributed by atoms with Crippen LogP contribution in [0.1, 0.15) is 0 Å². The molecule has 1 aliphatic rings. The summed E-state index contributed by atoms with van der Waals surface area (Å²) < 4.78 is 39.6. The minimum atomic E-state index is -3.94. The van der Waals surface area contributed by atoms with E-state index in [0.29, 0.717) is 13.1 Å². The maximum atomic E-state index is 13.8. The van der Waals surface area contributed by atoms with Crippen molar-refractivity contribution in [1.82, 2.24) is 9.21 Å². The monoisotopic (exact) mass is 336 g/mol. The molecule has 21 heavy (non-hydrogen) atoms. The number of aliphatic carboxylic acids is 1. The van der Waals surface area contributed by atoms with Gasteiger partial charge in [0, 0.05) is 31.2 Å². The molecule has 0 amide bonds. The van der Waals surface area contributed by atoms with Gasteiger partial charge in [-0.1, -0.05) is 11.6 Å². The van der Waals surface area contributed by atoms with Crippen molar-refractivity contribution in [1.29, 1.82) is 0 Å². The van der Waals surface area contributed by atoms with Crippen LogP contribution in [0.3, 0.4) is 0 Å². The summed E-state index contributed by atoms with van der Waals surface area (Å²) in [7, 11) is -3.94. The molecule has 2 rings (SSSR count). The quantitative estimate of drug-likeness (QED) is 0.882. The maximum Gasteiger partial charge on any atom is 0.317 e. The molecule has 1 fully saturated rings. The summed E-state index contributed by atoms with van der Waals surface area (Å²) in [5.74, 6) is -1.86. The third kappa shape index (κ3) is 3.70. The molecule has 1 aromatic carbocycles. The van der Waals surface area contributed by atoms with Crippen molar-refractivity contribution in [2.45, 2.75) is 4.90 Å². The number of carbonyl (C=O) groups is 1. The molecule has 1 heterocycles. The average molecular weight is 337 g/mol. The smallest absolute Gasteiger partial charge is 0.317 e. The third-order valence-electron chi connectivity index (χ3n) is 3.20. The number of piperazine rings is 1. The fraction of sp³-hybridized carbons (Fsp3) is 0.417. The molecule has 116 valence electrons. The van der Waals surface area contributed by atoms with Gasteiger partial charge in [-0.3, -0.25) is 9.69 Å². The predicted octanol–water partition coefficient (Wildman–Crippen LogP) is 0.870. The minimum Gasteiger partial charge on any atom is -0.480 e. The maximum absolute atomic E-state index is 13.8. The molecule has 0 unspecified atom stereocenters. The van der Waals surface area contributed by atoms with Crippen molar-refractivity contribution in [3.63, 3.8) is 0 Å². The van der Waals surface area contributed by atoms with E-state index in [0.717, 1.165) is 16.4 Å². The number of halogens is 2. The summed E-state index contributed by atoms with van der Waals surface area (Å²) >= 11 is 5.61. The number of rotatable bonds is 4. The molecule has 0 aliphatic carbocycles. The van der Waals surface area contributed by atoms with Gasteiger partial charge in [0.2, 0.25) is 10.0 Å². The molecular formula is C12H14ClFN2O4S. The fourth-order valence-corrected chi connectivity index (χ4v) is 3.77. The molecular weight excluding hydrogens is 323 g/mol. The number of nitrogens with zero attached hydrogens (tertiary/aromatic N) is 2. The van der Waals surface area contributed by atoms with Crippen LogP contribution in [0.25, 0.3) is 0 Å². The Balaban J connectivity index is 2.13. The molecule has 0 spiro atoms. The highest BCUT2D eigenvalue weighted by molar-refractivity contribution is 7.89. The van der Waals surface area contributed by atoms with Crippen molar-refractivity contribution >= 4 is 27.6 Å². The Kier molecular flexibility index (Phi) is 4.82. The first-order valence-corrected chi connectivity index (χ1v) is 8.02. The van der Waals surface area contributed by atoms with Gasteiger partial charge in [-0.15, -0.1) is 0 Å². The van der Waals surface area contributed by atoms with Crippen molar-refractivity contribution < 1.29 is 22.7 Å². The fourth-order valence-electron chi connectivity index (χ4n) is 2.14. The number of benzene rings is 1. The van der Waals surface area contributed by atoms with Gasteiger partial charge in [-0.2, -0.15) is 4.31 Å². The zero-order valence-corrected chi connectivity index (χ0v) is 12.6. The van der Waals surface area contributed by atoms with Crippen LogP contribution in [-0.4, -0.2) is 61.4 Å². The molecule has 0 atom stereocenters. The first-order valence-electron chi connectivity index (χ1n) is 6.20. The number of sulfonamides is 1. The average Bonchev–Trinajstić information content (AvgIpc) is 2.38. The largest absolute Gasteiger partial charge is 0.480 e. The van der Waals surface area contributed by atoms with Gasteiger partial charge >= 0.3 is 5.97 Å². The van der Waals surface area contributed by atoms with E-state index >= 15 is 0 Å². The molecule has 1 aromatic rings. The Bertz CT molecular complexity index is 645. The van der Waals surface area contributed by atoms with Gasteiger partial charge in [-0.25, -0.2) is 12.8 Å². The predicted molar refractivity (Wildman–Crippen MR) is 74.2 cm³/mol. The Morgan fingerprint density at radius 1 is 1.29 bits per heavy atom. The van der Waals surface area contributed by atoms with E-state index in [-0.39, 0.29) is 24.7 Å². The molecule has 1 aliphatic heterocycles. The normalized spacial score (nSPS) is 17.8. The van der Waals surface area contributed by atoms with Gasteiger partial charge in [0.05, 0.1) is 6.54 Å². The van der Waals surface area contributed by atoms with Crippen LogP contribution in [-0.2, 0) is 14.8 Å². The lowest BCUT2D eigenvalue weighted by atomic mass is 10.3. The molecule has 6 nitrogen and oxygen atoms in total. The first-order chi connectivity index (χ1) is 9.80. The summed E-state index contributed by atoms with van der Waals surface area (Å²) in [4.78, 5) is 11.8. The highest BCUT2D eigenvalue weighted by Gasteiger charge is 2.31. The van der Waals surface area contributed by atoms with Gasteiger partial charge in [-0.05, 0) is 18.2 Å². The van der Waals surface area contributed by atoms with E-state index in [2.05, 4.69) is 0 Å². The van der Waals surface area contributed by atoms with E-state index in [1.807, 2.05) is 0 Å². The summed E-state index contributed by atoms with van der Waals surface area (Å²) in [5.41, 5.74) is 0. The summed E-state index contributed by atoms with van der Waals surface area (Å²) in [6.07, 6.45) is 0. The summed E-state index contributed by atoms with van der Waals surface area (Å²) in [6.45, 7) is 0.694. The Morgan fingerprint density at radius 3 is 2.43 bits per heavy atom. The van der Waals surface area contributed by atoms with E-state index in [1.54, 1.807) is 4.90 Å². The SMILES string of the molecule is O=C(O)CN1CCN(S(=O)(=O)c2ccc(Cl)cc2F)CC1. The van der Waals surface area contributed by atoms with E-state index < -0.39 is 26.7 Å². The van der Waals surface area contributed by atoms with Crippen LogP contribution in [0.2, 0.25) is 5.02 Å². The number of carboxylic acids is 1. The topological polar surface area (TPSA) is 77.9 Å². The molecule has 0 saturated carbocycles. The van der Waals surface area contributed by atoms with Crippen LogP contribution >= 0.6 is 11.6 Å². The lowest BCUT2D eigenvalue weighted by Crippen LogP contribution is -2.49. The number of hydrogen-bond acceptors (Lipinski definition) is 4. The van der Waals surface area contributed by atoms with Crippen LogP contribution in [0.15, 0.2) is 23.1 Å². The lowest BCUT2D eigenvalue weighted by Gasteiger charge is -2.33. The van der Waals surface area contributed by atoms with Crippen molar-refractivity contribution in [3.8, 4) is 0 Å². The second-order valence-corrected chi connectivity index (χ2v) is 6.99.